The largest absolute Gasteiger partial charge is 2.00 e. The maximum atomic E-state index is 12.2. The van der Waals surface area contributed by atoms with E-state index in [-0.39, 0.29) is 95.9 Å². The van der Waals surface area contributed by atoms with E-state index in [2.05, 4.69) is 271 Å². The molecule has 2 aromatic heterocycles. The van der Waals surface area contributed by atoms with Crippen molar-refractivity contribution >= 4 is 66.8 Å². The Bertz CT molecular complexity index is 3870. The molecule has 4 nitrogen and oxygen atoms in total. The first-order valence-corrected chi connectivity index (χ1v) is 32.6. The molecule has 10 rings (SSSR count). The predicted octanol–water partition coefficient (Wildman–Crippen LogP) is 25.8. The molecule has 0 saturated heterocycles. The molecule has 0 saturated carbocycles. The maximum absolute atomic E-state index is 12.2. The third-order valence-corrected chi connectivity index (χ3v) is 18.3. The Morgan fingerprint density at radius 1 is 0.330 bits per heavy atom. The van der Waals surface area contributed by atoms with Gasteiger partial charge in [0.05, 0.1) is 33.4 Å². The van der Waals surface area contributed by atoms with Gasteiger partial charge in [-0.2, -0.15) is 0 Å². The third kappa shape index (κ3) is 15.8. The fourth-order valence-electron chi connectivity index (χ4n) is 13.9. The van der Waals surface area contributed by atoms with E-state index in [1.54, 1.807) is 0 Å². The summed E-state index contributed by atoms with van der Waals surface area (Å²) in [6.45, 7) is 54.3. The van der Waals surface area contributed by atoms with Crippen molar-refractivity contribution in [2.45, 2.75) is 212 Å². The summed E-state index contributed by atoms with van der Waals surface area (Å²) in [7, 11) is 0. The van der Waals surface area contributed by atoms with Crippen LogP contribution in [0.2, 0.25) is 10.0 Å². The molecule has 0 bridgehead atoms. The molecular weight excluding hydrogens is 1230 g/mol. The van der Waals surface area contributed by atoms with E-state index in [1.807, 2.05) is 38.1 Å². The van der Waals surface area contributed by atoms with E-state index >= 15 is 0 Å². The Kier molecular flexibility index (Phi) is 21.2. The van der Waals surface area contributed by atoms with Crippen LogP contribution in [0.15, 0.2) is 133 Å². The Morgan fingerprint density at radius 2 is 0.582 bits per heavy atom. The minimum Gasteiger partial charge on any atom is -0.505 e. The summed E-state index contributed by atoms with van der Waals surface area (Å²) in [5.41, 5.74) is 19.2. The zero-order valence-corrected chi connectivity index (χ0v) is 64.1. The van der Waals surface area contributed by atoms with Crippen LogP contribution < -0.4 is 0 Å². The van der Waals surface area contributed by atoms with E-state index in [0.29, 0.717) is 10.0 Å². The van der Waals surface area contributed by atoms with Crippen LogP contribution in [0, 0.1) is 39.5 Å². The minimum atomic E-state index is -0.138. The fraction of sp³-hybridized carbons (Fsp3) is 0.405. The van der Waals surface area contributed by atoms with Gasteiger partial charge in [-0.15, -0.1) is 0 Å². The van der Waals surface area contributed by atoms with Crippen molar-refractivity contribution in [3.05, 3.63) is 203 Å². The summed E-state index contributed by atoms with van der Waals surface area (Å²) in [5.74, 6) is 0.529. The number of aromatic hydroxyl groups is 2. The zero-order chi connectivity index (χ0) is 65.1. The summed E-state index contributed by atoms with van der Waals surface area (Å²) < 4.78 is 4.55. The summed E-state index contributed by atoms with van der Waals surface area (Å²) in [5, 5.41) is 30.6. The molecule has 8 aromatic carbocycles. The van der Waals surface area contributed by atoms with E-state index in [4.69, 9.17) is 23.2 Å². The van der Waals surface area contributed by atoms with E-state index < -0.39 is 0 Å². The molecule has 0 atom stereocenters. The van der Waals surface area contributed by atoms with Crippen molar-refractivity contribution in [2.75, 3.05) is 0 Å². The average Bonchev–Trinajstić information content (AvgIpc) is 1.63. The average molecular weight is 1340 g/mol. The number of phenolic OH excluding ortho intramolecular Hbond substituents is 2. The quantitative estimate of drug-likeness (QED) is 0.149. The van der Waals surface area contributed by atoms with Crippen LogP contribution in [-0.4, -0.2) is 19.3 Å². The minimum absolute atomic E-state index is 0. The topological polar surface area (TPSA) is 50.3 Å². The molecule has 482 valence electrons. The molecule has 0 amide bonds. The number of hydrogen-bond acceptors (Lipinski definition) is 2. The van der Waals surface area contributed by atoms with Crippen LogP contribution in [0.3, 0.4) is 0 Å². The van der Waals surface area contributed by atoms with Gasteiger partial charge in [-0.05, 0) is 223 Å². The first-order valence-electron chi connectivity index (χ1n) is 31.8. The summed E-state index contributed by atoms with van der Waals surface area (Å²) in [4.78, 5) is 0. The van der Waals surface area contributed by atoms with Crippen molar-refractivity contribution in [2.24, 2.45) is 10.8 Å². The first-order chi connectivity index (χ1) is 40.3. The van der Waals surface area contributed by atoms with E-state index in [0.717, 1.165) is 79.7 Å². The molecule has 0 radical (unpaired) electrons. The normalized spacial score (nSPS) is 12.9. The van der Waals surface area contributed by atoms with Gasteiger partial charge in [0.2, 0.25) is 0 Å². The van der Waals surface area contributed by atoms with E-state index in [1.165, 1.54) is 54.9 Å². The molecule has 0 aliphatic rings. The van der Waals surface area contributed by atoms with Gasteiger partial charge in [0.1, 0.15) is 11.5 Å². The molecular formula is C84H106Cl2N2O2Zr. The van der Waals surface area contributed by atoms with Gasteiger partial charge in [0, 0.05) is 42.7 Å². The monoisotopic (exact) mass is 1330 g/mol. The number of nitrogens with zero attached hydrogens (tertiary/aromatic N) is 2. The maximum Gasteiger partial charge on any atom is 2.00 e. The van der Waals surface area contributed by atoms with Gasteiger partial charge in [0.25, 0.3) is 0 Å². The molecule has 0 aliphatic heterocycles. The smallest absolute Gasteiger partial charge is 0.505 e. The van der Waals surface area contributed by atoms with Crippen molar-refractivity contribution < 1.29 is 36.4 Å². The molecule has 7 heteroatoms. The number of aryl methyl sites for hydroxylation is 2. The Hall–Kier alpha value is -5.58. The Morgan fingerprint density at radius 3 is 0.802 bits per heavy atom. The van der Waals surface area contributed by atoms with Gasteiger partial charge in [0.15, 0.2) is 0 Å². The molecule has 91 heavy (non-hydrogen) atoms. The van der Waals surface area contributed by atoms with Crippen molar-refractivity contribution in [3.8, 4) is 45.1 Å². The SMILES string of the molecule is Cc1cc(Cl)cc(-c2cc(C(C)(C)CC(C)(C)C)cc(-n3c4ccc(C(C)(C)C)cc4c4cc(C(C)(C)C)ccc43)c2O)c1.Cc1cc(Cl)cc(-c2cc(C(C)(C)CC(C)(C)C)cc(-n3c4ccc(C(C)(C)C)cc4c4cc(C(C)(C)C)ccc43)c2O)c1.[CH3-].[CH3-].[Zr+2]. The number of hydrogen-bond donors (Lipinski definition) is 2. The van der Waals surface area contributed by atoms with Gasteiger partial charge in [-0.1, -0.05) is 212 Å². The van der Waals surface area contributed by atoms with Gasteiger partial charge in [-0.3, -0.25) is 0 Å². The molecule has 0 aliphatic carbocycles. The van der Waals surface area contributed by atoms with Gasteiger partial charge >= 0.3 is 26.2 Å². The molecule has 2 N–H and O–H groups in total. The Labute approximate surface area is 578 Å². The number of rotatable bonds is 8. The number of aromatic nitrogens is 2. The van der Waals surface area contributed by atoms with Gasteiger partial charge < -0.3 is 34.2 Å². The number of benzene rings is 8. The predicted molar refractivity (Wildman–Crippen MR) is 397 cm³/mol. The summed E-state index contributed by atoms with van der Waals surface area (Å²) in [6, 6.07) is 48.2. The molecule has 2 heterocycles. The Balaban J connectivity index is 0.000000280. The molecule has 0 spiro atoms. The van der Waals surface area contributed by atoms with Crippen molar-refractivity contribution in [3.63, 3.8) is 0 Å². The number of halogens is 2. The molecule has 0 unspecified atom stereocenters. The van der Waals surface area contributed by atoms with Crippen LogP contribution in [-0.2, 0) is 58.7 Å². The fourth-order valence-corrected chi connectivity index (χ4v) is 14.5. The van der Waals surface area contributed by atoms with Crippen LogP contribution in [0.5, 0.6) is 11.5 Å². The second kappa shape index (κ2) is 26.0. The first kappa shape index (κ1) is 74.5. The molecule has 10 aromatic rings. The second-order valence-electron chi connectivity index (χ2n) is 33.7. The van der Waals surface area contributed by atoms with Crippen molar-refractivity contribution in [1.29, 1.82) is 0 Å². The van der Waals surface area contributed by atoms with Crippen molar-refractivity contribution in [1.82, 2.24) is 9.13 Å². The van der Waals surface area contributed by atoms with E-state index in [9.17, 15) is 10.2 Å². The van der Waals surface area contributed by atoms with Gasteiger partial charge in [-0.25, -0.2) is 0 Å². The van der Waals surface area contributed by atoms with Crippen LogP contribution in [0.1, 0.15) is 210 Å². The zero-order valence-electron chi connectivity index (χ0n) is 60.2. The number of fused-ring (bicyclic) bond motifs is 6. The van der Waals surface area contributed by atoms with Crippen LogP contribution in [0.25, 0.3) is 77.2 Å². The van der Waals surface area contributed by atoms with Crippen LogP contribution >= 0.6 is 23.2 Å². The summed E-state index contributed by atoms with van der Waals surface area (Å²) in [6.07, 6.45) is 1.99. The third-order valence-electron chi connectivity index (χ3n) is 17.9. The standard InChI is InChI=1S/2C41H50ClNO.2CH3.Zr/c2*1-25-17-26(19-30(42)18-25)31-22-29(41(11,12)24-38(2,3)4)23-36(37(31)44)43-34-15-13-27(39(5,6)7)20-32(34)33-21-28(40(8,9)10)14-16-35(33)43;;;/h2*13-23,44H,24H2,1-12H3;2*1H3;/q;;2*-1;+2. The second-order valence-corrected chi connectivity index (χ2v) is 34.5. The van der Waals surface area contributed by atoms with Crippen LogP contribution in [0.4, 0.5) is 0 Å². The summed E-state index contributed by atoms with van der Waals surface area (Å²) >= 11 is 13.2. The number of phenols is 2. The molecule has 0 fully saturated rings.